The minimum absolute atomic E-state index is 0.169. The van der Waals surface area contributed by atoms with Crippen molar-refractivity contribution in [3.05, 3.63) is 71.8 Å². The van der Waals surface area contributed by atoms with Gasteiger partial charge in [-0.1, -0.05) is 18.7 Å². The summed E-state index contributed by atoms with van der Waals surface area (Å²) in [4.78, 5) is 20.1. The largest absolute Gasteiger partial charge is 0.508 e. The van der Waals surface area contributed by atoms with E-state index >= 15 is 0 Å². The Morgan fingerprint density at radius 1 is 0.741 bits per heavy atom. The van der Waals surface area contributed by atoms with Crippen LogP contribution < -0.4 is 0 Å². The van der Waals surface area contributed by atoms with E-state index in [1.54, 1.807) is 18.2 Å². The molecule has 0 bridgehead atoms. The van der Waals surface area contributed by atoms with Crippen LogP contribution in [-0.4, -0.2) is 37.5 Å². The van der Waals surface area contributed by atoms with Crippen LogP contribution in [0.5, 0.6) is 17.2 Å². The summed E-state index contributed by atoms with van der Waals surface area (Å²) in [6, 6.07) is 12.0. The van der Waals surface area contributed by atoms with E-state index in [1.807, 2.05) is 0 Å². The minimum Gasteiger partial charge on any atom is -0.508 e. The van der Waals surface area contributed by atoms with Crippen molar-refractivity contribution >= 4 is 18.0 Å². The van der Waals surface area contributed by atoms with Gasteiger partial charge in [-0.25, -0.2) is 9.59 Å². The van der Waals surface area contributed by atoms with Gasteiger partial charge in [-0.15, -0.1) is 0 Å². The highest BCUT2D eigenvalue weighted by Gasteiger charge is 1.99. The number of hydrogen-bond donors (Lipinski definition) is 5. The van der Waals surface area contributed by atoms with Crippen molar-refractivity contribution in [2.45, 2.75) is 13.8 Å². The summed E-state index contributed by atoms with van der Waals surface area (Å²) in [5, 5.41) is 42.7. The fraction of sp³-hybridized carbons (Fsp3) is 0.100. The average molecular weight is 374 g/mol. The van der Waals surface area contributed by atoms with E-state index in [-0.39, 0.29) is 28.4 Å². The van der Waals surface area contributed by atoms with Crippen LogP contribution in [0, 0.1) is 0 Å². The molecular weight excluding hydrogens is 352 g/mol. The number of phenolic OH excluding ortho intramolecular Hbond substituents is 3. The van der Waals surface area contributed by atoms with Crippen molar-refractivity contribution in [3.63, 3.8) is 0 Å². The molecule has 0 fully saturated rings. The van der Waals surface area contributed by atoms with Crippen LogP contribution in [-0.2, 0) is 9.59 Å². The molecule has 144 valence electrons. The topological polar surface area (TPSA) is 135 Å². The Hall–Kier alpha value is -3.74. The quantitative estimate of drug-likeness (QED) is 0.409. The molecule has 0 heterocycles. The molecule has 27 heavy (non-hydrogen) atoms. The smallest absolute Gasteiger partial charge is 0.331 e. The molecule has 0 saturated carbocycles. The number of aliphatic carboxylic acids is 2. The molecule has 0 atom stereocenters. The lowest BCUT2D eigenvalue weighted by atomic mass is 10.1. The summed E-state index contributed by atoms with van der Waals surface area (Å²) >= 11 is 0. The van der Waals surface area contributed by atoms with Crippen LogP contribution >= 0.6 is 0 Å². The highest BCUT2D eigenvalue weighted by molar-refractivity contribution is 5.91. The zero-order valence-corrected chi connectivity index (χ0v) is 15.0. The molecule has 0 spiro atoms. The number of rotatable bonds is 3. The summed E-state index contributed by atoms with van der Waals surface area (Å²) in [7, 11) is 0. The van der Waals surface area contributed by atoms with E-state index in [2.05, 4.69) is 6.58 Å². The number of carbonyl (C=O) groups is 2. The van der Waals surface area contributed by atoms with Crippen LogP contribution in [0.4, 0.5) is 0 Å². The lowest BCUT2D eigenvalue weighted by molar-refractivity contribution is -0.133. The first kappa shape index (κ1) is 23.3. The minimum atomic E-state index is -0.937. The van der Waals surface area contributed by atoms with Gasteiger partial charge in [0.25, 0.3) is 0 Å². The third-order valence-electron chi connectivity index (χ3n) is 2.83. The van der Waals surface area contributed by atoms with Gasteiger partial charge in [0, 0.05) is 11.1 Å². The zero-order valence-electron chi connectivity index (χ0n) is 15.0. The molecule has 2 aromatic carbocycles. The average Bonchev–Trinajstić information content (AvgIpc) is 2.60. The fourth-order valence-electron chi connectivity index (χ4n) is 1.33. The van der Waals surface area contributed by atoms with Crippen LogP contribution in [0.25, 0.3) is 6.08 Å². The first-order valence-electron chi connectivity index (χ1n) is 7.60. The highest BCUT2D eigenvalue weighted by atomic mass is 16.4. The number of aromatic hydroxyl groups is 3. The number of benzene rings is 2. The maximum Gasteiger partial charge on any atom is 0.331 e. The molecule has 0 saturated heterocycles. The standard InChI is InChI=1S/C10H10O3.C6H6O2.C4H6O2/c1-7(10(12)13)6-8-2-4-9(11)5-3-8;7-5-1-2-6(8)4-3-5;1-3(2)4(5)6/h2-6,11H,1H3,(H,12,13);1-4,7-8H;1H2,2H3,(H,5,6). The Morgan fingerprint density at radius 3 is 1.30 bits per heavy atom. The van der Waals surface area contributed by atoms with E-state index in [0.717, 1.165) is 5.56 Å². The molecule has 7 nitrogen and oxygen atoms in total. The molecule has 0 aliphatic carbocycles. The van der Waals surface area contributed by atoms with Crippen LogP contribution in [0.2, 0.25) is 0 Å². The molecule has 2 aromatic rings. The summed E-state index contributed by atoms with van der Waals surface area (Å²) in [5.74, 6) is -1.36. The zero-order chi connectivity index (χ0) is 21.0. The van der Waals surface area contributed by atoms with E-state index in [0.29, 0.717) is 0 Å². The Labute approximate surface area is 156 Å². The van der Waals surface area contributed by atoms with Gasteiger partial charge in [0.05, 0.1) is 0 Å². The molecule has 0 aliphatic heterocycles. The van der Waals surface area contributed by atoms with Crippen molar-refractivity contribution in [2.24, 2.45) is 0 Å². The molecule has 0 amide bonds. The molecule has 7 heteroatoms. The fourth-order valence-corrected chi connectivity index (χ4v) is 1.33. The molecule has 2 rings (SSSR count). The first-order valence-corrected chi connectivity index (χ1v) is 7.60. The maximum atomic E-state index is 10.5. The molecular formula is C20H22O7. The number of hydrogen-bond acceptors (Lipinski definition) is 5. The summed E-state index contributed by atoms with van der Waals surface area (Å²) in [5.41, 5.74) is 1.21. The van der Waals surface area contributed by atoms with Gasteiger partial charge in [-0.05, 0) is 61.9 Å². The Kier molecular flexibility index (Phi) is 10.1. The van der Waals surface area contributed by atoms with E-state index in [4.69, 9.17) is 25.5 Å². The van der Waals surface area contributed by atoms with Crippen LogP contribution in [0.15, 0.2) is 66.3 Å². The Balaban J connectivity index is 0.000000413. The predicted molar refractivity (Wildman–Crippen MR) is 102 cm³/mol. The third-order valence-corrected chi connectivity index (χ3v) is 2.83. The number of phenols is 3. The van der Waals surface area contributed by atoms with E-state index < -0.39 is 11.9 Å². The van der Waals surface area contributed by atoms with Gasteiger partial charge in [-0.3, -0.25) is 0 Å². The van der Waals surface area contributed by atoms with Crippen molar-refractivity contribution in [1.29, 1.82) is 0 Å². The second-order valence-electron chi connectivity index (χ2n) is 5.33. The van der Waals surface area contributed by atoms with Gasteiger partial charge in [0.1, 0.15) is 17.2 Å². The molecule has 0 radical (unpaired) electrons. The molecule has 0 aliphatic rings. The Bertz CT molecular complexity index is 755. The summed E-state index contributed by atoms with van der Waals surface area (Å²) in [6.45, 7) is 6.12. The van der Waals surface area contributed by atoms with Crippen molar-refractivity contribution in [2.75, 3.05) is 0 Å². The number of carboxylic acids is 2. The summed E-state index contributed by atoms with van der Waals surface area (Å²) in [6.07, 6.45) is 1.54. The van der Waals surface area contributed by atoms with E-state index in [9.17, 15) is 9.59 Å². The number of carboxylic acid groups (broad SMARTS) is 2. The van der Waals surface area contributed by atoms with Crippen molar-refractivity contribution < 1.29 is 35.1 Å². The van der Waals surface area contributed by atoms with Gasteiger partial charge < -0.3 is 25.5 Å². The molecule has 5 N–H and O–H groups in total. The monoisotopic (exact) mass is 374 g/mol. The predicted octanol–water partition coefficient (Wildman–Crippen LogP) is 3.63. The van der Waals surface area contributed by atoms with Crippen molar-refractivity contribution in [3.8, 4) is 17.2 Å². The second-order valence-corrected chi connectivity index (χ2v) is 5.33. The SMILES string of the molecule is C=C(C)C(=O)O.CC(=Cc1ccc(O)cc1)C(=O)O.Oc1ccc(O)cc1. The maximum absolute atomic E-state index is 10.5. The second kappa shape index (κ2) is 11.8. The van der Waals surface area contributed by atoms with Crippen LogP contribution in [0.3, 0.4) is 0 Å². The van der Waals surface area contributed by atoms with Gasteiger partial charge in [-0.2, -0.15) is 0 Å². The Morgan fingerprint density at radius 2 is 1.04 bits per heavy atom. The lowest BCUT2D eigenvalue weighted by Crippen LogP contribution is -1.95. The van der Waals surface area contributed by atoms with Gasteiger partial charge >= 0.3 is 11.9 Å². The molecule has 0 aromatic heterocycles. The van der Waals surface area contributed by atoms with Gasteiger partial charge in [0.2, 0.25) is 0 Å². The van der Waals surface area contributed by atoms with E-state index in [1.165, 1.54) is 50.2 Å². The third kappa shape index (κ3) is 11.4. The summed E-state index contributed by atoms with van der Waals surface area (Å²) < 4.78 is 0. The van der Waals surface area contributed by atoms with Crippen molar-refractivity contribution in [1.82, 2.24) is 0 Å². The normalized spacial score (nSPS) is 9.78. The highest BCUT2D eigenvalue weighted by Crippen LogP contribution is 2.13. The first-order chi connectivity index (χ1) is 12.5. The van der Waals surface area contributed by atoms with Crippen LogP contribution in [0.1, 0.15) is 19.4 Å². The van der Waals surface area contributed by atoms with Gasteiger partial charge in [0.15, 0.2) is 0 Å². The molecule has 0 unspecified atom stereocenters. The lowest BCUT2D eigenvalue weighted by Gasteiger charge is -1.95.